The monoisotopic (exact) mass is 295 g/mol. The molecule has 0 saturated carbocycles. The predicted molar refractivity (Wildman–Crippen MR) is 93.4 cm³/mol. The number of ether oxygens (including phenoxy) is 1. The molecule has 0 aliphatic carbocycles. The number of hydrogen-bond donors (Lipinski definition) is 1. The molecule has 0 aromatic heterocycles. The van der Waals surface area contributed by atoms with E-state index in [1.165, 1.54) is 37.7 Å². The summed E-state index contributed by atoms with van der Waals surface area (Å²) in [5.74, 6) is 2.40. The normalized spacial score (nSPS) is 13.5. The van der Waals surface area contributed by atoms with Crippen LogP contribution in [0.3, 0.4) is 0 Å². The van der Waals surface area contributed by atoms with E-state index in [1.54, 1.807) is 0 Å². The fourth-order valence-electron chi connectivity index (χ4n) is 3.12. The zero-order valence-electron chi connectivity index (χ0n) is 13.6. The van der Waals surface area contributed by atoms with Gasteiger partial charge in [0.1, 0.15) is 0 Å². The summed E-state index contributed by atoms with van der Waals surface area (Å²) in [4.78, 5) is 0. The van der Waals surface area contributed by atoms with E-state index in [1.807, 2.05) is 24.3 Å². The summed E-state index contributed by atoms with van der Waals surface area (Å²) >= 11 is 0. The quantitative estimate of drug-likeness (QED) is 0.516. The summed E-state index contributed by atoms with van der Waals surface area (Å²) in [5.41, 5.74) is 3.56. The van der Waals surface area contributed by atoms with E-state index in [4.69, 9.17) is 4.74 Å². The third-order valence-corrected chi connectivity index (χ3v) is 4.45. The first-order valence-corrected chi connectivity index (χ1v) is 8.46. The first-order valence-electron chi connectivity index (χ1n) is 8.46. The third kappa shape index (κ3) is 3.11. The predicted octanol–water partition coefficient (Wildman–Crippen LogP) is 6.61. The van der Waals surface area contributed by atoms with Crippen LogP contribution in [0, 0.1) is 0 Å². The Hall–Kier alpha value is -1.96. The van der Waals surface area contributed by atoms with Gasteiger partial charge >= 0.3 is 0 Å². The van der Waals surface area contributed by atoms with Crippen LogP contribution >= 0.6 is 0 Å². The number of para-hydroxylation sites is 3. The molecule has 0 bridgehead atoms. The minimum Gasteiger partial charge on any atom is -0.453 e. The van der Waals surface area contributed by atoms with Gasteiger partial charge in [-0.2, -0.15) is 0 Å². The zero-order valence-corrected chi connectivity index (χ0v) is 13.6. The van der Waals surface area contributed by atoms with Gasteiger partial charge < -0.3 is 10.1 Å². The van der Waals surface area contributed by atoms with Gasteiger partial charge in [-0.3, -0.25) is 0 Å². The second-order valence-electron chi connectivity index (χ2n) is 6.19. The molecule has 1 heterocycles. The lowest BCUT2D eigenvalue weighted by molar-refractivity contribution is 0.479. The topological polar surface area (TPSA) is 21.3 Å². The molecule has 1 unspecified atom stereocenters. The maximum Gasteiger partial charge on any atom is 0.151 e. The average molecular weight is 295 g/mol. The number of fused-ring (bicyclic) bond motifs is 2. The van der Waals surface area contributed by atoms with Crippen molar-refractivity contribution in [2.24, 2.45) is 0 Å². The van der Waals surface area contributed by atoms with Crippen molar-refractivity contribution in [2.75, 3.05) is 5.32 Å². The summed E-state index contributed by atoms with van der Waals surface area (Å²) in [6.07, 6.45) is 6.51. The zero-order chi connectivity index (χ0) is 15.4. The highest BCUT2D eigenvalue weighted by Crippen LogP contribution is 2.45. The largest absolute Gasteiger partial charge is 0.453 e. The van der Waals surface area contributed by atoms with Gasteiger partial charge in [-0.25, -0.2) is 0 Å². The molecule has 1 N–H and O–H groups in total. The Bertz CT molecular complexity index is 635. The van der Waals surface area contributed by atoms with E-state index in [0.717, 1.165) is 22.9 Å². The maximum atomic E-state index is 6.05. The van der Waals surface area contributed by atoms with E-state index < -0.39 is 0 Å². The molecule has 22 heavy (non-hydrogen) atoms. The number of unbranched alkanes of at least 4 members (excludes halogenated alkanes) is 3. The fraction of sp³-hybridized carbons (Fsp3) is 0.400. The smallest absolute Gasteiger partial charge is 0.151 e. The van der Waals surface area contributed by atoms with Gasteiger partial charge in [-0.1, -0.05) is 63.8 Å². The van der Waals surface area contributed by atoms with Crippen molar-refractivity contribution >= 4 is 11.4 Å². The third-order valence-electron chi connectivity index (χ3n) is 4.45. The van der Waals surface area contributed by atoms with Crippen LogP contribution in [0.5, 0.6) is 11.5 Å². The lowest BCUT2D eigenvalue weighted by Crippen LogP contribution is -2.07. The van der Waals surface area contributed by atoms with Crippen molar-refractivity contribution in [1.29, 1.82) is 0 Å². The van der Waals surface area contributed by atoms with Crippen LogP contribution in [0.15, 0.2) is 42.5 Å². The Morgan fingerprint density at radius 3 is 2.64 bits per heavy atom. The standard InChI is InChI=1S/C20H25NO/c1-3-4-5-6-10-15(2)16-11-9-14-19-20(16)21-17-12-7-8-13-18(17)22-19/h7-9,11-15,21H,3-6,10H2,1-2H3. The number of hydrogen-bond acceptors (Lipinski definition) is 2. The van der Waals surface area contributed by atoms with Crippen LogP contribution in [0.1, 0.15) is 57.4 Å². The molecule has 1 aliphatic heterocycles. The minimum absolute atomic E-state index is 0.549. The van der Waals surface area contributed by atoms with E-state index in [2.05, 4.69) is 37.4 Å². The Kier molecular flexibility index (Phi) is 4.67. The highest BCUT2D eigenvalue weighted by molar-refractivity contribution is 5.78. The van der Waals surface area contributed by atoms with Gasteiger partial charge in [-0.15, -0.1) is 0 Å². The van der Waals surface area contributed by atoms with Crippen molar-refractivity contribution < 1.29 is 4.74 Å². The number of benzene rings is 2. The lowest BCUT2D eigenvalue weighted by atomic mass is 9.92. The molecule has 2 heteroatoms. The Morgan fingerprint density at radius 1 is 0.955 bits per heavy atom. The van der Waals surface area contributed by atoms with Crippen molar-refractivity contribution in [3.8, 4) is 11.5 Å². The molecule has 0 amide bonds. The first kappa shape index (κ1) is 15.0. The van der Waals surface area contributed by atoms with Crippen molar-refractivity contribution in [2.45, 2.75) is 51.9 Å². The second-order valence-corrected chi connectivity index (χ2v) is 6.19. The van der Waals surface area contributed by atoms with Gasteiger partial charge in [0.25, 0.3) is 0 Å². The van der Waals surface area contributed by atoms with Crippen LogP contribution in [0.4, 0.5) is 11.4 Å². The van der Waals surface area contributed by atoms with Gasteiger partial charge in [0.05, 0.1) is 11.4 Å². The molecule has 2 aromatic carbocycles. The maximum absolute atomic E-state index is 6.05. The molecule has 116 valence electrons. The van der Waals surface area contributed by atoms with Crippen molar-refractivity contribution in [3.05, 3.63) is 48.0 Å². The SMILES string of the molecule is CCCCCCC(C)c1cccc2c1Nc1ccccc1O2. The van der Waals surface area contributed by atoms with Gasteiger partial charge in [0.2, 0.25) is 0 Å². The molecule has 1 atom stereocenters. The van der Waals surface area contributed by atoms with Crippen LogP contribution in [0.25, 0.3) is 0 Å². The van der Waals surface area contributed by atoms with Crippen LogP contribution in [-0.2, 0) is 0 Å². The average Bonchev–Trinajstić information content (AvgIpc) is 2.56. The van der Waals surface area contributed by atoms with Crippen molar-refractivity contribution in [1.82, 2.24) is 0 Å². The summed E-state index contributed by atoms with van der Waals surface area (Å²) in [6, 6.07) is 14.5. The summed E-state index contributed by atoms with van der Waals surface area (Å²) in [5, 5.41) is 3.57. The first-order chi connectivity index (χ1) is 10.8. The summed E-state index contributed by atoms with van der Waals surface area (Å²) in [6.45, 7) is 4.58. The molecule has 0 saturated heterocycles. The highest BCUT2D eigenvalue weighted by atomic mass is 16.5. The number of rotatable bonds is 6. The summed E-state index contributed by atoms with van der Waals surface area (Å²) < 4.78 is 6.05. The number of anilines is 2. The van der Waals surface area contributed by atoms with E-state index in [-0.39, 0.29) is 0 Å². The lowest BCUT2D eigenvalue weighted by Gasteiger charge is -2.26. The van der Waals surface area contributed by atoms with Crippen LogP contribution < -0.4 is 10.1 Å². The molecule has 2 nitrogen and oxygen atoms in total. The molecular formula is C20H25NO. The van der Waals surface area contributed by atoms with Crippen LogP contribution in [-0.4, -0.2) is 0 Å². The molecule has 3 rings (SSSR count). The van der Waals surface area contributed by atoms with Crippen molar-refractivity contribution in [3.63, 3.8) is 0 Å². The van der Waals surface area contributed by atoms with Crippen LogP contribution in [0.2, 0.25) is 0 Å². The molecular weight excluding hydrogens is 270 g/mol. The fourth-order valence-corrected chi connectivity index (χ4v) is 3.12. The second kappa shape index (κ2) is 6.87. The molecule has 0 spiro atoms. The molecule has 0 radical (unpaired) electrons. The molecule has 0 fully saturated rings. The van der Waals surface area contributed by atoms with E-state index in [9.17, 15) is 0 Å². The molecule has 1 aliphatic rings. The minimum atomic E-state index is 0.549. The van der Waals surface area contributed by atoms with Gasteiger partial charge in [0.15, 0.2) is 11.5 Å². The van der Waals surface area contributed by atoms with Gasteiger partial charge in [0, 0.05) is 0 Å². The van der Waals surface area contributed by atoms with E-state index >= 15 is 0 Å². The Balaban J connectivity index is 1.78. The number of nitrogens with one attached hydrogen (secondary N) is 1. The molecule has 2 aromatic rings. The Morgan fingerprint density at radius 2 is 1.77 bits per heavy atom. The highest BCUT2D eigenvalue weighted by Gasteiger charge is 2.20. The van der Waals surface area contributed by atoms with E-state index in [0.29, 0.717) is 5.92 Å². The Labute approximate surface area is 133 Å². The van der Waals surface area contributed by atoms with Gasteiger partial charge in [-0.05, 0) is 36.1 Å². The summed E-state index contributed by atoms with van der Waals surface area (Å²) in [7, 11) is 0.